The third-order valence-corrected chi connectivity index (χ3v) is 6.86. The third-order valence-electron chi connectivity index (χ3n) is 5.26. The predicted molar refractivity (Wildman–Crippen MR) is 153 cm³/mol. The quantitative estimate of drug-likeness (QED) is 0.302. The van der Waals surface area contributed by atoms with E-state index >= 15 is 0 Å². The lowest BCUT2D eigenvalue weighted by molar-refractivity contribution is -0.118. The summed E-state index contributed by atoms with van der Waals surface area (Å²) in [5, 5.41) is 6.13. The minimum absolute atomic E-state index is 0.183. The first kappa shape index (κ1) is 26.5. The molecule has 1 fully saturated rings. The fraction of sp³-hybridized carbons (Fsp3) is 0.179. The number of hydrogen-bond donors (Lipinski definition) is 2. The van der Waals surface area contributed by atoms with Gasteiger partial charge >= 0.3 is 0 Å². The molecule has 1 aliphatic heterocycles. The van der Waals surface area contributed by atoms with Crippen LogP contribution in [-0.2, 0) is 9.59 Å². The Balaban J connectivity index is 1.48. The van der Waals surface area contributed by atoms with Gasteiger partial charge in [-0.05, 0) is 80.6 Å². The van der Waals surface area contributed by atoms with Crippen LogP contribution in [0.5, 0.6) is 11.5 Å². The summed E-state index contributed by atoms with van der Waals surface area (Å²) in [5.41, 5.74) is 4.45. The van der Waals surface area contributed by atoms with Gasteiger partial charge in [-0.15, -0.1) is 0 Å². The van der Waals surface area contributed by atoms with Crippen molar-refractivity contribution in [2.45, 2.75) is 20.8 Å². The van der Waals surface area contributed by atoms with Gasteiger partial charge in [-0.25, -0.2) is 4.99 Å². The molecule has 0 atom stereocenters. The number of rotatable bonds is 8. The van der Waals surface area contributed by atoms with Crippen molar-refractivity contribution in [3.05, 3.63) is 86.7 Å². The second-order valence-corrected chi connectivity index (χ2v) is 10.2. The number of carbonyl (C=O) groups excluding carboxylic acids is 2. The molecule has 7 nitrogen and oxygen atoms in total. The highest BCUT2D eigenvalue weighted by molar-refractivity contribution is 9.10. The van der Waals surface area contributed by atoms with Gasteiger partial charge in [-0.3, -0.25) is 9.59 Å². The molecule has 1 saturated heterocycles. The molecule has 0 aromatic heterocycles. The van der Waals surface area contributed by atoms with Crippen LogP contribution in [0.15, 0.2) is 75.0 Å². The second-order valence-electron chi connectivity index (χ2n) is 8.27. The van der Waals surface area contributed by atoms with E-state index < -0.39 is 0 Å². The maximum Gasteiger partial charge on any atom is 0.264 e. The molecular formula is C28H26BrN3O4S. The van der Waals surface area contributed by atoms with E-state index in [9.17, 15) is 9.59 Å². The number of aryl methyl sites for hydroxylation is 2. The molecule has 0 saturated carbocycles. The molecule has 2 amide bonds. The van der Waals surface area contributed by atoms with Gasteiger partial charge < -0.3 is 20.1 Å². The predicted octanol–water partition coefficient (Wildman–Crippen LogP) is 6.37. The minimum atomic E-state index is -0.284. The lowest BCUT2D eigenvalue weighted by Gasteiger charge is -2.14. The molecule has 2 N–H and O–H groups in total. The van der Waals surface area contributed by atoms with Gasteiger partial charge in [0.05, 0.1) is 17.2 Å². The van der Waals surface area contributed by atoms with E-state index in [1.807, 2.05) is 69.3 Å². The topological polar surface area (TPSA) is 89.0 Å². The molecule has 1 aliphatic rings. The zero-order valence-corrected chi connectivity index (χ0v) is 23.0. The number of nitrogens with one attached hydrogen (secondary N) is 2. The molecule has 0 unspecified atom stereocenters. The molecule has 190 valence electrons. The summed E-state index contributed by atoms with van der Waals surface area (Å²) in [7, 11) is 0. The van der Waals surface area contributed by atoms with Crippen LogP contribution in [0, 0.1) is 13.8 Å². The highest BCUT2D eigenvalue weighted by Crippen LogP contribution is 2.37. The number of carbonyl (C=O) groups is 2. The number of thioether (sulfide) groups is 1. The fourth-order valence-electron chi connectivity index (χ4n) is 3.38. The van der Waals surface area contributed by atoms with Gasteiger partial charge in [0.1, 0.15) is 0 Å². The summed E-state index contributed by atoms with van der Waals surface area (Å²) in [6.07, 6.45) is 1.76. The van der Waals surface area contributed by atoms with Gasteiger partial charge in [-0.2, -0.15) is 0 Å². The van der Waals surface area contributed by atoms with Crippen molar-refractivity contribution in [3.63, 3.8) is 0 Å². The number of benzene rings is 3. The highest BCUT2D eigenvalue weighted by atomic mass is 79.9. The van der Waals surface area contributed by atoms with Gasteiger partial charge in [-0.1, -0.05) is 51.3 Å². The average Bonchev–Trinajstić information content (AvgIpc) is 3.21. The Bertz CT molecular complexity index is 1370. The van der Waals surface area contributed by atoms with Gasteiger partial charge in [0.25, 0.3) is 11.8 Å². The number of aliphatic imine (C=N–C) groups is 1. The van der Waals surface area contributed by atoms with Gasteiger partial charge in [0.2, 0.25) is 0 Å². The molecule has 0 radical (unpaired) electrons. The number of hydrogen-bond acceptors (Lipinski definition) is 6. The van der Waals surface area contributed by atoms with Crippen molar-refractivity contribution >= 4 is 62.1 Å². The zero-order chi connectivity index (χ0) is 26.4. The summed E-state index contributed by atoms with van der Waals surface area (Å²) in [6.45, 7) is 6.08. The van der Waals surface area contributed by atoms with E-state index in [1.165, 1.54) is 11.8 Å². The van der Waals surface area contributed by atoms with Crippen LogP contribution >= 0.6 is 27.7 Å². The van der Waals surface area contributed by atoms with Crippen LogP contribution in [0.2, 0.25) is 0 Å². The molecule has 1 heterocycles. The molecule has 37 heavy (non-hydrogen) atoms. The Morgan fingerprint density at radius 3 is 2.35 bits per heavy atom. The molecule has 0 aliphatic carbocycles. The number of amides is 2. The van der Waals surface area contributed by atoms with Crippen LogP contribution in [0.1, 0.15) is 23.6 Å². The van der Waals surface area contributed by atoms with Crippen LogP contribution in [0.3, 0.4) is 0 Å². The highest BCUT2D eigenvalue weighted by Gasteiger charge is 2.24. The fourth-order valence-corrected chi connectivity index (χ4v) is 4.65. The van der Waals surface area contributed by atoms with Crippen molar-refractivity contribution < 1.29 is 19.1 Å². The van der Waals surface area contributed by atoms with Crippen LogP contribution in [0.25, 0.3) is 6.08 Å². The largest absolute Gasteiger partial charge is 0.490 e. The smallest absolute Gasteiger partial charge is 0.264 e. The number of nitrogens with zero attached hydrogens (tertiary/aromatic N) is 1. The number of amidine groups is 1. The van der Waals surface area contributed by atoms with Crippen molar-refractivity contribution in [2.75, 3.05) is 18.5 Å². The first-order valence-electron chi connectivity index (χ1n) is 11.6. The number of ether oxygens (including phenoxy) is 2. The van der Waals surface area contributed by atoms with Gasteiger partial charge in [0, 0.05) is 10.2 Å². The lowest BCUT2D eigenvalue weighted by Crippen LogP contribution is -2.20. The van der Waals surface area contributed by atoms with E-state index in [0.717, 1.165) is 22.4 Å². The Morgan fingerprint density at radius 2 is 1.68 bits per heavy atom. The summed E-state index contributed by atoms with van der Waals surface area (Å²) >= 11 is 4.82. The Kier molecular flexibility index (Phi) is 8.68. The van der Waals surface area contributed by atoms with Crippen molar-refractivity contribution in [2.24, 2.45) is 4.99 Å². The summed E-state index contributed by atoms with van der Waals surface area (Å²) in [5.74, 6) is 0.375. The van der Waals surface area contributed by atoms with E-state index in [0.29, 0.717) is 38.3 Å². The molecule has 3 aromatic carbocycles. The average molecular weight is 581 g/mol. The first-order valence-corrected chi connectivity index (χ1v) is 13.2. The Hall–Kier alpha value is -3.56. The van der Waals surface area contributed by atoms with Crippen LogP contribution in [-0.4, -0.2) is 30.2 Å². The van der Waals surface area contributed by atoms with E-state index in [-0.39, 0.29) is 18.4 Å². The van der Waals surface area contributed by atoms with Crippen molar-refractivity contribution in [1.29, 1.82) is 0 Å². The molecular weight excluding hydrogens is 554 g/mol. The number of anilines is 1. The normalized spacial score (nSPS) is 15.1. The molecule has 0 bridgehead atoms. The summed E-state index contributed by atoms with van der Waals surface area (Å²) < 4.78 is 12.2. The SMILES string of the molecule is CCOc1cc(/C=C2/SC(=Nc3ccc(C)cc3)NC2=O)c(Br)cc1OCC(=O)Nc1ccc(C)cc1. The maximum absolute atomic E-state index is 12.6. The standard InChI is InChI=1S/C28H26BrN3O4S/c1-4-35-23-13-19(14-25-27(34)32-28(37-25)31-21-11-7-18(3)8-12-21)22(29)15-24(23)36-16-26(33)30-20-9-5-17(2)6-10-20/h5-15H,4,16H2,1-3H3,(H,30,33)(H,31,32,34)/b25-14+. The maximum atomic E-state index is 12.6. The van der Waals surface area contributed by atoms with E-state index in [2.05, 4.69) is 31.6 Å². The Morgan fingerprint density at radius 1 is 1.03 bits per heavy atom. The molecule has 4 rings (SSSR count). The third kappa shape index (κ3) is 7.24. The van der Waals surface area contributed by atoms with Crippen molar-refractivity contribution in [3.8, 4) is 11.5 Å². The van der Waals surface area contributed by atoms with E-state index in [1.54, 1.807) is 18.2 Å². The summed E-state index contributed by atoms with van der Waals surface area (Å²) in [4.78, 5) is 30.0. The minimum Gasteiger partial charge on any atom is -0.490 e. The Labute approximate surface area is 228 Å². The second kappa shape index (κ2) is 12.1. The van der Waals surface area contributed by atoms with Crippen LogP contribution < -0.4 is 20.1 Å². The van der Waals surface area contributed by atoms with E-state index in [4.69, 9.17) is 9.47 Å². The van der Waals surface area contributed by atoms with Crippen LogP contribution in [0.4, 0.5) is 11.4 Å². The lowest BCUT2D eigenvalue weighted by atomic mass is 10.2. The monoisotopic (exact) mass is 579 g/mol. The molecule has 3 aromatic rings. The number of halogens is 1. The van der Waals surface area contributed by atoms with Gasteiger partial charge in [0.15, 0.2) is 23.3 Å². The van der Waals surface area contributed by atoms with Crippen molar-refractivity contribution in [1.82, 2.24) is 5.32 Å². The molecule has 0 spiro atoms. The first-order chi connectivity index (χ1) is 17.8. The molecule has 9 heteroatoms. The summed E-state index contributed by atoms with van der Waals surface area (Å²) in [6, 6.07) is 18.8. The zero-order valence-electron chi connectivity index (χ0n) is 20.6.